The van der Waals surface area contributed by atoms with Crippen molar-refractivity contribution in [2.24, 2.45) is 0 Å². The highest BCUT2D eigenvalue weighted by Gasteiger charge is 2.57. The lowest BCUT2D eigenvalue weighted by Crippen LogP contribution is -2.68. The molecule has 66 heavy (non-hydrogen) atoms. The van der Waals surface area contributed by atoms with Crippen LogP contribution >= 0.6 is 0 Å². The standard InChI is InChI=1S/C48H99N3O12Si3/c1-13-25-34-55-64(56-35-26-14-2,57-36-27-15-3)43(22-10)49-46(52)50(44(23-11)65(58-37-28-16-4,59-38-29-17-5)60-39-30-18-6)48(54)51(47(49)53)45(24-12)66(61-40-31-19-7,62-41-32-20-8)63-42-33-21-9/h43-45H,13-42H2,1-12H3. The minimum Gasteiger partial charge on any atom is -0.372 e. The van der Waals surface area contributed by atoms with Crippen molar-refractivity contribution in [2.75, 3.05) is 59.5 Å². The second kappa shape index (κ2) is 36.6. The molecule has 1 rings (SSSR count). The highest BCUT2D eigenvalue weighted by Crippen LogP contribution is 2.33. The van der Waals surface area contributed by atoms with Gasteiger partial charge < -0.3 is 39.8 Å². The zero-order valence-electron chi connectivity index (χ0n) is 44.2. The first-order chi connectivity index (χ1) is 32.0. The molecular formula is C48H99N3O12Si3. The second-order valence-corrected chi connectivity index (χ2v) is 25.6. The first-order valence-electron chi connectivity index (χ1n) is 26.7. The Kier molecular flexibility index (Phi) is 34.8. The Morgan fingerprint density at radius 1 is 0.288 bits per heavy atom. The van der Waals surface area contributed by atoms with E-state index < -0.39 is 60.5 Å². The first-order valence-corrected chi connectivity index (χ1v) is 32.1. The number of hydrogen-bond acceptors (Lipinski definition) is 12. The van der Waals surface area contributed by atoms with Gasteiger partial charge in [-0.15, -0.1) is 0 Å². The molecule has 15 nitrogen and oxygen atoms in total. The van der Waals surface area contributed by atoms with Gasteiger partial charge in [0, 0.05) is 59.5 Å². The van der Waals surface area contributed by atoms with E-state index in [1.807, 2.05) is 20.8 Å². The van der Waals surface area contributed by atoms with Crippen molar-refractivity contribution in [3.05, 3.63) is 31.5 Å². The molecule has 0 saturated heterocycles. The van der Waals surface area contributed by atoms with Crippen LogP contribution in [0.2, 0.25) is 0 Å². The predicted octanol–water partition coefficient (Wildman–Crippen LogP) is 10.8. The smallest absolute Gasteiger partial charge is 0.372 e. The molecule has 0 bridgehead atoms. The van der Waals surface area contributed by atoms with Gasteiger partial charge in [-0.1, -0.05) is 141 Å². The summed E-state index contributed by atoms with van der Waals surface area (Å²) in [5, 5.41) is 0. The topological polar surface area (TPSA) is 149 Å². The molecule has 1 aromatic heterocycles. The van der Waals surface area contributed by atoms with Gasteiger partial charge in [0.2, 0.25) is 0 Å². The minimum absolute atomic E-state index is 0.253. The van der Waals surface area contributed by atoms with Crippen LogP contribution in [0.5, 0.6) is 0 Å². The molecule has 390 valence electrons. The van der Waals surface area contributed by atoms with Crippen LogP contribution in [0, 0.1) is 0 Å². The van der Waals surface area contributed by atoms with Crippen LogP contribution in [0.15, 0.2) is 14.4 Å². The van der Waals surface area contributed by atoms with Gasteiger partial charge in [0.25, 0.3) is 0 Å². The number of hydrogen-bond donors (Lipinski definition) is 0. The Balaban J connectivity index is 4.95. The van der Waals surface area contributed by atoms with Crippen LogP contribution in [0.1, 0.15) is 235 Å². The van der Waals surface area contributed by atoms with Gasteiger partial charge >= 0.3 is 43.5 Å². The fourth-order valence-corrected chi connectivity index (χ4v) is 17.1. The summed E-state index contributed by atoms with van der Waals surface area (Å²) in [5.41, 5.74) is -5.36. The van der Waals surface area contributed by atoms with E-state index in [1.54, 1.807) is 0 Å². The van der Waals surface area contributed by atoms with Crippen molar-refractivity contribution in [1.82, 2.24) is 13.7 Å². The van der Waals surface area contributed by atoms with E-state index in [0.29, 0.717) is 59.5 Å². The third kappa shape index (κ3) is 18.8. The van der Waals surface area contributed by atoms with Crippen molar-refractivity contribution in [1.29, 1.82) is 0 Å². The summed E-state index contributed by atoms with van der Waals surface area (Å²) in [4.78, 5) is 47.9. The summed E-state index contributed by atoms with van der Waals surface area (Å²) < 4.78 is 65.4. The van der Waals surface area contributed by atoms with Crippen molar-refractivity contribution in [2.45, 2.75) is 235 Å². The van der Waals surface area contributed by atoms with Crippen molar-refractivity contribution < 1.29 is 39.8 Å². The van der Waals surface area contributed by atoms with Crippen LogP contribution < -0.4 is 17.1 Å². The van der Waals surface area contributed by atoms with Gasteiger partial charge in [0.1, 0.15) is 17.0 Å². The summed E-state index contributed by atoms with van der Waals surface area (Å²) in [6.45, 7) is 27.5. The largest absolute Gasteiger partial charge is 0.525 e. The van der Waals surface area contributed by atoms with Gasteiger partial charge in [-0.3, -0.25) is 0 Å². The van der Waals surface area contributed by atoms with Crippen LogP contribution in [0.3, 0.4) is 0 Å². The number of aromatic nitrogens is 3. The molecule has 0 radical (unpaired) electrons. The normalized spacial score (nSPS) is 14.0. The lowest BCUT2D eigenvalue weighted by Gasteiger charge is -2.40. The molecule has 0 aromatic carbocycles. The quantitative estimate of drug-likeness (QED) is 0.0452. The SMILES string of the molecule is CCCCO[Si](OCCCC)(OCCCC)C(CC)n1c(=O)n(C(CC)[Si](OCCCC)(OCCCC)OCCCC)c(=O)n(C(CC)[Si](OCCCC)(OCCCC)OCCCC)c1=O. The van der Waals surface area contributed by atoms with Gasteiger partial charge in [-0.25, -0.2) is 28.1 Å². The summed E-state index contributed by atoms with van der Waals surface area (Å²) >= 11 is 0. The molecule has 0 spiro atoms. The van der Waals surface area contributed by atoms with E-state index in [1.165, 1.54) is 13.7 Å². The Morgan fingerprint density at radius 2 is 0.424 bits per heavy atom. The minimum atomic E-state index is -3.97. The Labute approximate surface area is 404 Å². The molecule has 0 N–H and O–H groups in total. The van der Waals surface area contributed by atoms with E-state index >= 15 is 14.4 Å². The molecule has 0 amide bonds. The molecular weight excluding hydrogens is 895 g/mol. The maximum Gasteiger partial charge on any atom is 0.525 e. The Bertz CT molecular complexity index is 1260. The maximum atomic E-state index is 16.0. The third-order valence-electron chi connectivity index (χ3n) is 11.8. The van der Waals surface area contributed by atoms with E-state index in [4.69, 9.17) is 39.8 Å². The zero-order valence-corrected chi connectivity index (χ0v) is 47.2. The summed E-state index contributed by atoms with van der Waals surface area (Å²) in [6.07, 6.45) is 15.1. The average Bonchev–Trinajstić information content (AvgIpc) is 3.30. The molecule has 1 aromatic rings. The molecule has 0 aliphatic heterocycles. The van der Waals surface area contributed by atoms with Crippen LogP contribution in [0.4, 0.5) is 0 Å². The highest BCUT2D eigenvalue weighted by molar-refractivity contribution is 6.62. The van der Waals surface area contributed by atoms with E-state index in [-0.39, 0.29) is 19.3 Å². The lowest BCUT2D eigenvalue weighted by molar-refractivity contribution is 0.0310. The number of unbranched alkanes of at least 4 members (excludes halogenated alkanes) is 9. The highest BCUT2D eigenvalue weighted by atomic mass is 28.4. The lowest BCUT2D eigenvalue weighted by atomic mass is 10.4. The van der Waals surface area contributed by atoms with Crippen LogP contribution in [-0.4, -0.2) is 99.6 Å². The zero-order chi connectivity index (χ0) is 49.3. The fourth-order valence-electron chi connectivity index (χ4n) is 7.64. The third-order valence-corrected chi connectivity index (χ3v) is 21.7. The van der Waals surface area contributed by atoms with E-state index in [0.717, 1.165) is 116 Å². The Hall–Kier alpha value is -1.30. The van der Waals surface area contributed by atoms with Crippen molar-refractivity contribution in [3.63, 3.8) is 0 Å². The molecule has 3 unspecified atom stereocenters. The van der Waals surface area contributed by atoms with Gasteiger partial charge in [-0.2, -0.15) is 0 Å². The molecule has 0 aliphatic rings. The van der Waals surface area contributed by atoms with Crippen molar-refractivity contribution >= 4 is 26.4 Å². The number of nitrogens with zero attached hydrogens (tertiary/aromatic N) is 3. The first kappa shape index (κ1) is 62.7. The molecule has 18 heteroatoms. The number of rotatable bonds is 45. The van der Waals surface area contributed by atoms with Gasteiger partial charge in [0.05, 0.1) is 0 Å². The Morgan fingerprint density at radius 3 is 0.530 bits per heavy atom. The van der Waals surface area contributed by atoms with Crippen LogP contribution in [0.25, 0.3) is 0 Å². The summed E-state index contributed by atoms with van der Waals surface area (Å²) in [7, 11) is -11.9. The van der Waals surface area contributed by atoms with E-state index in [2.05, 4.69) is 62.3 Å². The summed E-state index contributed by atoms with van der Waals surface area (Å²) in [5.74, 6) is 0. The molecule has 1 heterocycles. The molecule has 0 fully saturated rings. The molecule has 3 atom stereocenters. The van der Waals surface area contributed by atoms with Gasteiger partial charge in [-0.05, 0) is 77.0 Å². The van der Waals surface area contributed by atoms with E-state index in [9.17, 15) is 0 Å². The van der Waals surface area contributed by atoms with Crippen molar-refractivity contribution in [3.8, 4) is 0 Å². The second-order valence-electron chi connectivity index (χ2n) is 17.4. The average molecular weight is 995 g/mol. The molecule has 0 aliphatic carbocycles. The molecule has 0 saturated carbocycles. The monoisotopic (exact) mass is 994 g/mol. The fraction of sp³-hybridized carbons (Fsp3) is 0.938. The maximum absolute atomic E-state index is 16.0. The predicted molar refractivity (Wildman–Crippen MR) is 272 cm³/mol. The summed E-state index contributed by atoms with van der Waals surface area (Å²) in [6, 6.07) is 0. The van der Waals surface area contributed by atoms with Gasteiger partial charge in [0.15, 0.2) is 0 Å². The van der Waals surface area contributed by atoms with Crippen LogP contribution in [-0.2, 0) is 39.8 Å².